The number of carbonyl (C=O) groups excluding carboxylic acids is 1. The highest BCUT2D eigenvalue weighted by Gasteiger charge is 2.17. The monoisotopic (exact) mass is 340 g/mol. The van der Waals surface area contributed by atoms with Crippen molar-refractivity contribution in [1.29, 1.82) is 5.26 Å². The lowest BCUT2D eigenvalue weighted by Gasteiger charge is -2.15. The minimum absolute atomic E-state index is 0.102. The van der Waals surface area contributed by atoms with Gasteiger partial charge in [0.1, 0.15) is 12.4 Å². The average Bonchev–Trinajstić information content (AvgIpc) is 3.00. The van der Waals surface area contributed by atoms with Crippen molar-refractivity contribution in [3.05, 3.63) is 23.2 Å². The maximum atomic E-state index is 11.8. The Balaban J connectivity index is 1.94. The van der Waals surface area contributed by atoms with Gasteiger partial charge in [-0.3, -0.25) is 4.79 Å². The van der Waals surface area contributed by atoms with Crippen LogP contribution in [0.5, 0.6) is 5.75 Å². The van der Waals surface area contributed by atoms with Gasteiger partial charge >= 0.3 is 0 Å². The molecule has 1 atom stereocenters. The Hall–Kier alpha value is -1.42. The number of amides is 1. The van der Waals surface area contributed by atoms with Crippen LogP contribution in [0.1, 0.15) is 12.8 Å². The summed E-state index contributed by atoms with van der Waals surface area (Å²) in [5.74, 6) is 0.874. The number of nitriles is 1. The summed E-state index contributed by atoms with van der Waals surface area (Å²) in [6, 6.07) is 7.08. The zero-order chi connectivity index (χ0) is 15.8. The number of hydrogen-bond donors (Lipinski definition) is 1. The summed E-state index contributed by atoms with van der Waals surface area (Å²) in [4.78, 5) is 11.8. The van der Waals surface area contributed by atoms with Crippen LogP contribution in [0.15, 0.2) is 18.2 Å². The second-order valence-electron chi connectivity index (χ2n) is 4.79. The summed E-state index contributed by atoms with van der Waals surface area (Å²) >= 11 is 7.23. The van der Waals surface area contributed by atoms with Gasteiger partial charge < -0.3 is 14.8 Å². The van der Waals surface area contributed by atoms with Gasteiger partial charge in [-0.05, 0) is 31.0 Å². The maximum absolute atomic E-state index is 11.8. The number of ether oxygens (including phenoxy) is 2. The van der Waals surface area contributed by atoms with Crippen LogP contribution < -0.4 is 10.1 Å². The van der Waals surface area contributed by atoms with E-state index in [-0.39, 0.29) is 23.5 Å². The summed E-state index contributed by atoms with van der Waals surface area (Å²) in [6.07, 6.45) is 2.14. The summed E-state index contributed by atoms with van der Waals surface area (Å²) in [5.41, 5.74) is 0.535. The summed E-state index contributed by atoms with van der Waals surface area (Å²) in [7, 11) is 0. The Morgan fingerprint density at radius 2 is 2.45 bits per heavy atom. The van der Waals surface area contributed by atoms with Crippen LogP contribution in [0.4, 0.5) is 5.69 Å². The molecule has 118 valence electrons. The van der Waals surface area contributed by atoms with Gasteiger partial charge in [0.15, 0.2) is 0 Å². The maximum Gasteiger partial charge on any atom is 0.234 e. The Labute approximate surface area is 138 Å². The predicted molar refractivity (Wildman–Crippen MR) is 87.5 cm³/mol. The van der Waals surface area contributed by atoms with Crippen LogP contribution in [0.3, 0.4) is 0 Å². The minimum Gasteiger partial charge on any atom is -0.489 e. The van der Waals surface area contributed by atoms with Crippen molar-refractivity contribution in [3.63, 3.8) is 0 Å². The highest BCUT2D eigenvalue weighted by Crippen LogP contribution is 2.29. The molecule has 1 saturated heterocycles. The number of rotatable bonds is 7. The lowest BCUT2D eigenvalue weighted by atomic mass is 10.2. The van der Waals surface area contributed by atoms with Gasteiger partial charge in [-0.1, -0.05) is 11.6 Å². The third-order valence-electron chi connectivity index (χ3n) is 3.06. The van der Waals surface area contributed by atoms with E-state index >= 15 is 0 Å². The average molecular weight is 341 g/mol. The molecule has 22 heavy (non-hydrogen) atoms. The van der Waals surface area contributed by atoms with Crippen molar-refractivity contribution in [2.75, 3.05) is 30.0 Å². The fourth-order valence-corrected chi connectivity index (χ4v) is 2.68. The first-order valence-corrected chi connectivity index (χ1v) is 8.51. The summed E-state index contributed by atoms with van der Waals surface area (Å²) in [6.45, 7) is 1.22. The molecular formula is C15H17ClN2O3S. The van der Waals surface area contributed by atoms with Crippen molar-refractivity contribution in [3.8, 4) is 11.8 Å². The van der Waals surface area contributed by atoms with Gasteiger partial charge in [0, 0.05) is 11.6 Å². The SMILES string of the molecule is N#CCSCC(=O)Nc1cc(Cl)ccc1OCC1CCCO1. The molecule has 5 nitrogen and oxygen atoms in total. The Morgan fingerprint density at radius 1 is 1.59 bits per heavy atom. The number of anilines is 1. The molecule has 1 fully saturated rings. The van der Waals surface area contributed by atoms with E-state index in [4.69, 9.17) is 26.3 Å². The summed E-state index contributed by atoms with van der Waals surface area (Å²) in [5, 5.41) is 11.8. The number of benzene rings is 1. The second kappa shape index (κ2) is 8.89. The van der Waals surface area contributed by atoms with Gasteiger partial charge in [0.2, 0.25) is 5.91 Å². The highest BCUT2D eigenvalue weighted by atomic mass is 35.5. The molecule has 1 amide bonds. The lowest BCUT2D eigenvalue weighted by molar-refractivity contribution is -0.113. The highest BCUT2D eigenvalue weighted by molar-refractivity contribution is 8.00. The molecule has 1 aliphatic rings. The van der Waals surface area contributed by atoms with Gasteiger partial charge in [0.25, 0.3) is 0 Å². The van der Waals surface area contributed by atoms with Crippen LogP contribution in [0, 0.1) is 11.3 Å². The predicted octanol–water partition coefficient (Wildman–Crippen LogP) is 3.09. The Kier molecular flexibility index (Phi) is 6.84. The molecule has 0 aliphatic carbocycles. The van der Waals surface area contributed by atoms with Crippen LogP contribution in [0.2, 0.25) is 5.02 Å². The Morgan fingerprint density at radius 3 is 3.18 bits per heavy atom. The van der Waals surface area contributed by atoms with Crippen LogP contribution in [0.25, 0.3) is 0 Å². The van der Waals surface area contributed by atoms with Crippen molar-refractivity contribution in [2.24, 2.45) is 0 Å². The first-order valence-electron chi connectivity index (χ1n) is 6.97. The molecular weight excluding hydrogens is 324 g/mol. The third-order valence-corrected chi connectivity index (χ3v) is 4.10. The van der Waals surface area contributed by atoms with Crippen LogP contribution >= 0.6 is 23.4 Å². The third kappa shape index (κ3) is 5.41. The molecule has 0 aromatic heterocycles. The van der Waals surface area contributed by atoms with Gasteiger partial charge in [-0.25, -0.2) is 0 Å². The standard InChI is InChI=1S/C15H17ClN2O3S/c16-11-3-4-14(21-9-12-2-1-6-20-12)13(8-11)18-15(19)10-22-7-5-17/h3-4,8,12H,1-2,6-7,9-10H2,(H,18,19). The number of hydrogen-bond acceptors (Lipinski definition) is 5. The molecule has 1 aliphatic heterocycles. The Bertz CT molecular complexity index is 556. The minimum atomic E-state index is -0.190. The number of thioether (sulfide) groups is 1. The molecule has 0 saturated carbocycles. The molecule has 0 radical (unpaired) electrons. The zero-order valence-corrected chi connectivity index (χ0v) is 13.6. The topological polar surface area (TPSA) is 71.4 Å². The van der Waals surface area contributed by atoms with E-state index in [0.29, 0.717) is 23.1 Å². The van der Waals surface area contributed by atoms with E-state index in [2.05, 4.69) is 5.32 Å². The molecule has 1 aromatic rings. The largest absolute Gasteiger partial charge is 0.489 e. The van der Waals surface area contributed by atoms with Crippen molar-refractivity contribution in [1.82, 2.24) is 0 Å². The van der Waals surface area contributed by atoms with E-state index in [0.717, 1.165) is 19.4 Å². The number of carbonyl (C=O) groups is 1. The lowest BCUT2D eigenvalue weighted by Crippen LogP contribution is -2.18. The molecule has 0 spiro atoms. The van der Waals surface area contributed by atoms with Crippen LogP contribution in [-0.4, -0.2) is 36.7 Å². The quantitative estimate of drug-likeness (QED) is 0.772. The smallest absolute Gasteiger partial charge is 0.234 e. The molecule has 1 heterocycles. The molecule has 1 aromatic carbocycles. The molecule has 2 rings (SSSR count). The van der Waals surface area contributed by atoms with E-state index < -0.39 is 0 Å². The van der Waals surface area contributed by atoms with E-state index in [1.54, 1.807) is 18.2 Å². The van der Waals surface area contributed by atoms with Crippen molar-refractivity contribution < 1.29 is 14.3 Å². The van der Waals surface area contributed by atoms with Crippen molar-refractivity contribution in [2.45, 2.75) is 18.9 Å². The van der Waals surface area contributed by atoms with Gasteiger partial charge in [-0.2, -0.15) is 5.26 Å². The van der Waals surface area contributed by atoms with E-state index in [9.17, 15) is 4.79 Å². The molecule has 1 unspecified atom stereocenters. The van der Waals surface area contributed by atoms with Gasteiger partial charge in [-0.15, -0.1) is 11.8 Å². The van der Waals surface area contributed by atoms with E-state index in [1.807, 2.05) is 6.07 Å². The van der Waals surface area contributed by atoms with Gasteiger partial charge in [0.05, 0.1) is 29.4 Å². The second-order valence-corrected chi connectivity index (χ2v) is 6.21. The zero-order valence-electron chi connectivity index (χ0n) is 12.0. The van der Waals surface area contributed by atoms with Crippen molar-refractivity contribution >= 4 is 35.0 Å². The molecule has 0 bridgehead atoms. The molecule has 7 heteroatoms. The fourth-order valence-electron chi connectivity index (χ4n) is 2.06. The fraction of sp³-hybridized carbons (Fsp3) is 0.467. The first kappa shape index (κ1) is 16.9. The van der Waals surface area contributed by atoms with E-state index in [1.165, 1.54) is 11.8 Å². The van der Waals surface area contributed by atoms with Crippen LogP contribution in [-0.2, 0) is 9.53 Å². The normalized spacial score (nSPS) is 17.0. The number of nitrogens with one attached hydrogen (secondary N) is 1. The molecule has 1 N–H and O–H groups in total. The summed E-state index contributed by atoms with van der Waals surface area (Å²) < 4.78 is 11.3. The first-order chi connectivity index (χ1) is 10.7. The number of halogens is 1. The number of nitrogens with zero attached hydrogens (tertiary/aromatic N) is 1.